The van der Waals surface area contributed by atoms with Crippen LogP contribution in [0.25, 0.3) is 0 Å². The summed E-state index contributed by atoms with van der Waals surface area (Å²) in [5, 5.41) is 0. The van der Waals surface area contributed by atoms with E-state index in [1.54, 1.807) is 0 Å². The zero-order valence-electron chi connectivity index (χ0n) is 9.75. The third kappa shape index (κ3) is 5.50. The van der Waals surface area contributed by atoms with Crippen LogP contribution < -0.4 is 11.5 Å². The van der Waals surface area contributed by atoms with Gasteiger partial charge in [-0.2, -0.15) is 0 Å². The van der Waals surface area contributed by atoms with Crippen LogP contribution in [0.5, 0.6) is 0 Å². The minimum atomic E-state index is 0.282. The van der Waals surface area contributed by atoms with E-state index in [2.05, 4.69) is 6.58 Å². The van der Waals surface area contributed by atoms with Gasteiger partial charge in [-0.15, -0.1) is 0 Å². The van der Waals surface area contributed by atoms with Crippen molar-refractivity contribution in [1.29, 1.82) is 0 Å². The minimum absolute atomic E-state index is 0.282. The highest BCUT2D eigenvalue weighted by atomic mass is 16.1. The molecule has 15 heavy (non-hydrogen) atoms. The van der Waals surface area contributed by atoms with Gasteiger partial charge in [0.15, 0.2) is 5.78 Å². The van der Waals surface area contributed by atoms with Crippen molar-refractivity contribution < 1.29 is 4.79 Å². The molecular formula is C12H22N2O. The molecule has 1 rings (SSSR count). The fraction of sp³-hybridized carbons (Fsp3) is 0.583. The predicted molar refractivity (Wildman–Crippen MR) is 64.4 cm³/mol. The Bertz CT molecular complexity index is 254. The molecule has 1 aliphatic rings. The molecule has 0 aliphatic heterocycles. The molecule has 0 fully saturated rings. The van der Waals surface area contributed by atoms with E-state index in [1.165, 1.54) is 0 Å². The standard InChI is InChI=1S/C10H14O.C2H8N2/c1-7(2)9-5-4-8(3)10(11)6-9;3-1-2-4/h4,9H,1,5-6H2,2-3H3;1-4H2. The molecule has 86 valence electrons. The van der Waals surface area contributed by atoms with Gasteiger partial charge < -0.3 is 11.5 Å². The van der Waals surface area contributed by atoms with Gasteiger partial charge in [-0.1, -0.05) is 18.2 Å². The van der Waals surface area contributed by atoms with Crippen molar-refractivity contribution in [1.82, 2.24) is 0 Å². The second-order valence-electron chi connectivity index (χ2n) is 3.87. The quantitative estimate of drug-likeness (QED) is 0.677. The highest BCUT2D eigenvalue weighted by Gasteiger charge is 2.18. The molecule has 0 amide bonds. The molecule has 0 radical (unpaired) electrons. The summed E-state index contributed by atoms with van der Waals surface area (Å²) in [6.07, 6.45) is 3.68. The molecule has 4 N–H and O–H groups in total. The zero-order chi connectivity index (χ0) is 11.8. The van der Waals surface area contributed by atoms with Crippen LogP contribution in [-0.4, -0.2) is 18.9 Å². The Morgan fingerprint density at radius 1 is 1.53 bits per heavy atom. The Morgan fingerprint density at radius 3 is 2.40 bits per heavy atom. The maximum Gasteiger partial charge on any atom is 0.158 e. The molecule has 1 atom stereocenters. The number of Topliss-reactive ketones (excluding diaryl/α,β-unsaturated/α-hetero) is 1. The van der Waals surface area contributed by atoms with E-state index >= 15 is 0 Å². The molecule has 0 aromatic rings. The van der Waals surface area contributed by atoms with Gasteiger partial charge in [0.05, 0.1) is 0 Å². The first-order valence-corrected chi connectivity index (χ1v) is 5.28. The summed E-state index contributed by atoms with van der Waals surface area (Å²) in [5.74, 6) is 0.676. The third-order valence-corrected chi connectivity index (χ3v) is 2.44. The van der Waals surface area contributed by atoms with Gasteiger partial charge in [-0.3, -0.25) is 4.79 Å². The average molecular weight is 210 g/mol. The monoisotopic (exact) mass is 210 g/mol. The lowest BCUT2D eigenvalue weighted by atomic mass is 9.85. The molecule has 3 heteroatoms. The van der Waals surface area contributed by atoms with E-state index in [1.807, 2.05) is 19.9 Å². The van der Waals surface area contributed by atoms with E-state index in [0.717, 1.165) is 17.6 Å². The van der Waals surface area contributed by atoms with Crippen molar-refractivity contribution in [3.8, 4) is 0 Å². The highest BCUT2D eigenvalue weighted by Crippen LogP contribution is 2.25. The van der Waals surface area contributed by atoms with Crippen LogP contribution in [0.2, 0.25) is 0 Å². The second-order valence-corrected chi connectivity index (χ2v) is 3.87. The summed E-state index contributed by atoms with van der Waals surface area (Å²) in [5.41, 5.74) is 11.9. The molecular weight excluding hydrogens is 188 g/mol. The van der Waals surface area contributed by atoms with Crippen LogP contribution in [0.1, 0.15) is 26.7 Å². The molecule has 0 heterocycles. The largest absolute Gasteiger partial charge is 0.329 e. The number of carbonyl (C=O) groups is 1. The average Bonchev–Trinajstić information content (AvgIpc) is 2.22. The van der Waals surface area contributed by atoms with Crippen LogP contribution in [0, 0.1) is 5.92 Å². The van der Waals surface area contributed by atoms with E-state index in [4.69, 9.17) is 11.5 Å². The Hall–Kier alpha value is -0.930. The lowest BCUT2D eigenvalue weighted by Crippen LogP contribution is -2.14. The summed E-state index contributed by atoms with van der Waals surface area (Å²) in [6, 6.07) is 0. The zero-order valence-corrected chi connectivity index (χ0v) is 9.75. The van der Waals surface area contributed by atoms with Gasteiger partial charge in [0.25, 0.3) is 0 Å². The maximum absolute atomic E-state index is 11.2. The van der Waals surface area contributed by atoms with Gasteiger partial charge in [0, 0.05) is 19.5 Å². The molecule has 0 saturated heterocycles. The number of hydrogen-bond acceptors (Lipinski definition) is 3. The van der Waals surface area contributed by atoms with E-state index in [9.17, 15) is 4.79 Å². The fourth-order valence-electron chi connectivity index (χ4n) is 1.28. The lowest BCUT2D eigenvalue weighted by Gasteiger charge is -2.18. The SMILES string of the molecule is C=C(C)C1CC=C(C)C(=O)C1.NCCN. The molecule has 0 aromatic carbocycles. The van der Waals surface area contributed by atoms with Gasteiger partial charge in [0.2, 0.25) is 0 Å². The Labute approximate surface area is 92.2 Å². The Kier molecular flexibility index (Phi) is 6.92. The number of hydrogen-bond donors (Lipinski definition) is 2. The first kappa shape index (κ1) is 14.1. The van der Waals surface area contributed by atoms with Crippen molar-refractivity contribution in [3.63, 3.8) is 0 Å². The van der Waals surface area contributed by atoms with E-state index in [0.29, 0.717) is 25.4 Å². The van der Waals surface area contributed by atoms with Gasteiger partial charge in [-0.25, -0.2) is 0 Å². The number of ketones is 1. The van der Waals surface area contributed by atoms with Crippen molar-refractivity contribution in [2.24, 2.45) is 17.4 Å². The predicted octanol–water partition coefficient (Wildman–Crippen LogP) is 1.39. The van der Waals surface area contributed by atoms with Crippen LogP contribution in [-0.2, 0) is 4.79 Å². The Morgan fingerprint density at radius 2 is 2.07 bits per heavy atom. The normalized spacial score (nSPS) is 20.1. The smallest absolute Gasteiger partial charge is 0.158 e. The minimum Gasteiger partial charge on any atom is -0.329 e. The summed E-state index contributed by atoms with van der Waals surface area (Å²) in [7, 11) is 0. The van der Waals surface area contributed by atoms with Crippen LogP contribution in [0.15, 0.2) is 23.8 Å². The number of carbonyl (C=O) groups excluding carboxylic acids is 1. The van der Waals surface area contributed by atoms with Gasteiger partial charge >= 0.3 is 0 Å². The third-order valence-electron chi connectivity index (χ3n) is 2.44. The van der Waals surface area contributed by atoms with Crippen LogP contribution >= 0.6 is 0 Å². The van der Waals surface area contributed by atoms with Crippen molar-refractivity contribution >= 4 is 5.78 Å². The summed E-state index contributed by atoms with van der Waals surface area (Å²) < 4.78 is 0. The summed E-state index contributed by atoms with van der Waals surface area (Å²) in [6.45, 7) is 8.93. The molecule has 1 aliphatic carbocycles. The van der Waals surface area contributed by atoms with Crippen LogP contribution in [0.4, 0.5) is 0 Å². The number of nitrogens with two attached hydrogens (primary N) is 2. The fourth-order valence-corrected chi connectivity index (χ4v) is 1.28. The van der Waals surface area contributed by atoms with Crippen molar-refractivity contribution in [2.45, 2.75) is 26.7 Å². The Balaban J connectivity index is 0.000000423. The molecule has 0 saturated carbocycles. The first-order valence-electron chi connectivity index (χ1n) is 5.28. The van der Waals surface area contributed by atoms with E-state index < -0.39 is 0 Å². The topological polar surface area (TPSA) is 69.1 Å². The van der Waals surface area contributed by atoms with Gasteiger partial charge in [0.1, 0.15) is 0 Å². The van der Waals surface area contributed by atoms with Gasteiger partial charge in [-0.05, 0) is 31.8 Å². The summed E-state index contributed by atoms with van der Waals surface area (Å²) in [4.78, 5) is 11.2. The number of allylic oxidation sites excluding steroid dienone is 3. The molecule has 0 spiro atoms. The molecule has 0 aromatic heterocycles. The highest BCUT2D eigenvalue weighted by molar-refractivity contribution is 5.95. The lowest BCUT2D eigenvalue weighted by molar-refractivity contribution is -0.116. The van der Waals surface area contributed by atoms with Crippen molar-refractivity contribution in [2.75, 3.05) is 13.1 Å². The maximum atomic E-state index is 11.2. The van der Waals surface area contributed by atoms with Crippen LogP contribution in [0.3, 0.4) is 0 Å². The molecule has 0 bridgehead atoms. The molecule has 1 unspecified atom stereocenters. The van der Waals surface area contributed by atoms with Crippen molar-refractivity contribution in [3.05, 3.63) is 23.8 Å². The number of rotatable bonds is 2. The second kappa shape index (κ2) is 7.37. The molecule has 3 nitrogen and oxygen atoms in total. The summed E-state index contributed by atoms with van der Waals surface area (Å²) >= 11 is 0. The van der Waals surface area contributed by atoms with E-state index in [-0.39, 0.29) is 5.78 Å². The first-order chi connectivity index (χ1) is 7.02.